The highest BCUT2D eigenvalue weighted by molar-refractivity contribution is 5.74. The molecule has 0 aromatic heterocycles. The number of carbonyl (C=O) groups excluding carboxylic acids is 1. The maximum atomic E-state index is 12.4. The second-order valence-corrected chi connectivity index (χ2v) is 7.98. The molecule has 0 spiro atoms. The predicted molar refractivity (Wildman–Crippen MR) is 106 cm³/mol. The molecule has 1 aromatic carbocycles. The Morgan fingerprint density at radius 1 is 1.04 bits per heavy atom. The molecule has 1 atom stereocenters. The smallest absolute Gasteiger partial charge is 0.317 e. The van der Waals surface area contributed by atoms with Gasteiger partial charge in [-0.3, -0.25) is 4.90 Å². The van der Waals surface area contributed by atoms with Crippen LogP contribution in [0.15, 0.2) is 30.3 Å². The Hall–Kier alpha value is -1.79. The molecule has 0 radical (unpaired) electrons. The van der Waals surface area contributed by atoms with E-state index < -0.39 is 0 Å². The van der Waals surface area contributed by atoms with Gasteiger partial charge in [-0.05, 0) is 50.4 Å². The Kier molecular flexibility index (Phi) is 6.14. The van der Waals surface area contributed by atoms with Gasteiger partial charge in [-0.25, -0.2) is 4.79 Å². The number of rotatable bonds is 6. The molecule has 4 aliphatic heterocycles. The van der Waals surface area contributed by atoms with Crippen molar-refractivity contribution >= 4 is 6.03 Å². The normalized spacial score (nSPS) is 28.1. The average molecular weight is 373 g/mol. The molecule has 4 fully saturated rings. The van der Waals surface area contributed by atoms with Crippen LogP contribution in [0.3, 0.4) is 0 Å². The van der Waals surface area contributed by atoms with Gasteiger partial charge < -0.3 is 19.9 Å². The molecule has 6 nitrogen and oxygen atoms in total. The van der Waals surface area contributed by atoms with E-state index >= 15 is 0 Å². The summed E-state index contributed by atoms with van der Waals surface area (Å²) in [5.74, 6) is 1.76. The van der Waals surface area contributed by atoms with E-state index in [1.807, 2.05) is 35.2 Å². The lowest BCUT2D eigenvalue weighted by molar-refractivity contribution is -0.0103. The van der Waals surface area contributed by atoms with Crippen molar-refractivity contribution in [1.29, 1.82) is 0 Å². The molecule has 148 valence electrons. The van der Waals surface area contributed by atoms with Gasteiger partial charge in [0.25, 0.3) is 0 Å². The monoisotopic (exact) mass is 372 g/mol. The van der Waals surface area contributed by atoms with Gasteiger partial charge in [0.2, 0.25) is 0 Å². The lowest BCUT2D eigenvalue weighted by Crippen LogP contribution is -2.62. The van der Waals surface area contributed by atoms with Gasteiger partial charge in [0.1, 0.15) is 5.75 Å². The van der Waals surface area contributed by atoms with E-state index in [0.717, 1.165) is 44.3 Å². The summed E-state index contributed by atoms with van der Waals surface area (Å²) in [4.78, 5) is 19.6. The van der Waals surface area contributed by atoms with Crippen LogP contribution in [0.5, 0.6) is 5.75 Å². The summed E-state index contributed by atoms with van der Waals surface area (Å²) in [6.07, 6.45) is 3.53. The first kappa shape index (κ1) is 18.6. The van der Waals surface area contributed by atoms with Gasteiger partial charge in [0.15, 0.2) is 0 Å². The lowest BCUT2D eigenvalue weighted by atomic mass is 9.83. The molecule has 0 saturated carbocycles. The quantitative estimate of drug-likeness (QED) is 0.775. The van der Waals surface area contributed by atoms with Crippen LogP contribution in [0.4, 0.5) is 4.79 Å². The molecule has 27 heavy (non-hydrogen) atoms. The van der Waals surface area contributed by atoms with Gasteiger partial charge in [0.05, 0.1) is 6.61 Å². The summed E-state index contributed by atoms with van der Waals surface area (Å²) in [7, 11) is 0. The number of hydrogen-bond acceptors (Lipinski definition) is 4. The SMILES string of the molecule is O=C(NCCCOc1ccccc1)N1CCN(C2CN3CCC2CC3)CC1. The van der Waals surface area contributed by atoms with Crippen LogP contribution in [0.1, 0.15) is 19.3 Å². The molecule has 5 rings (SSSR count). The second kappa shape index (κ2) is 8.93. The first-order valence-corrected chi connectivity index (χ1v) is 10.5. The van der Waals surface area contributed by atoms with E-state index in [9.17, 15) is 4.79 Å². The fourth-order valence-corrected chi connectivity index (χ4v) is 4.69. The topological polar surface area (TPSA) is 48.1 Å². The minimum atomic E-state index is 0.0725. The number of ether oxygens (including phenoxy) is 1. The van der Waals surface area contributed by atoms with Crippen molar-refractivity contribution in [3.63, 3.8) is 0 Å². The van der Waals surface area contributed by atoms with Gasteiger partial charge in [-0.2, -0.15) is 0 Å². The van der Waals surface area contributed by atoms with Crippen LogP contribution in [0, 0.1) is 5.92 Å². The molecule has 1 aromatic rings. The number of piperidine rings is 3. The summed E-state index contributed by atoms with van der Waals surface area (Å²) in [6.45, 7) is 8.81. The van der Waals surface area contributed by atoms with Crippen molar-refractivity contribution < 1.29 is 9.53 Å². The number of urea groups is 1. The maximum Gasteiger partial charge on any atom is 0.317 e. The summed E-state index contributed by atoms with van der Waals surface area (Å²) in [6, 6.07) is 10.6. The summed E-state index contributed by atoms with van der Waals surface area (Å²) in [5, 5.41) is 3.04. The standard InChI is InChI=1S/C21H32N4O2/c26-21(22-9-4-16-27-19-5-2-1-3-6-19)25-14-12-24(13-15-25)20-17-23-10-7-18(20)8-11-23/h1-3,5-6,18,20H,4,7-17H2,(H,22,26). The van der Waals surface area contributed by atoms with E-state index in [1.165, 1.54) is 32.5 Å². The van der Waals surface area contributed by atoms with Crippen LogP contribution in [-0.2, 0) is 0 Å². The Morgan fingerprint density at radius 2 is 1.78 bits per heavy atom. The average Bonchev–Trinajstić information content (AvgIpc) is 2.75. The molecule has 1 N–H and O–H groups in total. The lowest BCUT2D eigenvalue weighted by Gasteiger charge is -2.50. The van der Waals surface area contributed by atoms with Crippen molar-refractivity contribution in [2.45, 2.75) is 25.3 Å². The molecule has 2 bridgehead atoms. The third-order valence-electron chi connectivity index (χ3n) is 6.30. The van der Waals surface area contributed by atoms with E-state index in [0.29, 0.717) is 19.2 Å². The third kappa shape index (κ3) is 4.74. The fraction of sp³-hybridized carbons (Fsp3) is 0.667. The molecule has 2 amide bonds. The number of piperazine rings is 1. The van der Waals surface area contributed by atoms with Gasteiger partial charge in [-0.1, -0.05) is 18.2 Å². The zero-order chi connectivity index (χ0) is 18.5. The highest BCUT2D eigenvalue weighted by Crippen LogP contribution is 2.31. The van der Waals surface area contributed by atoms with Gasteiger partial charge in [-0.15, -0.1) is 0 Å². The number of benzene rings is 1. The van der Waals surface area contributed by atoms with Gasteiger partial charge >= 0.3 is 6.03 Å². The molecule has 0 aliphatic carbocycles. The first-order valence-electron chi connectivity index (χ1n) is 10.5. The van der Waals surface area contributed by atoms with Gasteiger partial charge in [0, 0.05) is 45.3 Å². The van der Waals surface area contributed by atoms with Crippen LogP contribution < -0.4 is 10.1 Å². The molecular weight excluding hydrogens is 340 g/mol. The molecular formula is C21H32N4O2. The molecule has 6 heteroatoms. The van der Waals surface area contributed by atoms with Crippen molar-refractivity contribution in [1.82, 2.24) is 20.0 Å². The molecule has 1 unspecified atom stereocenters. The highest BCUT2D eigenvalue weighted by atomic mass is 16.5. The van der Waals surface area contributed by atoms with E-state index in [4.69, 9.17) is 4.74 Å². The number of carbonyl (C=O) groups is 1. The Morgan fingerprint density at radius 3 is 2.44 bits per heavy atom. The molecule has 4 aliphatic rings. The number of nitrogens with zero attached hydrogens (tertiary/aromatic N) is 3. The summed E-state index contributed by atoms with van der Waals surface area (Å²) in [5.41, 5.74) is 0. The van der Waals surface area contributed by atoms with Crippen LogP contribution >= 0.6 is 0 Å². The second-order valence-electron chi connectivity index (χ2n) is 7.98. The van der Waals surface area contributed by atoms with E-state index in [-0.39, 0.29) is 6.03 Å². The Bertz CT molecular complexity index is 595. The number of nitrogens with one attached hydrogen (secondary N) is 1. The maximum absolute atomic E-state index is 12.4. The van der Waals surface area contributed by atoms with Crippen molar-refractivity contribution in [3.8, 4) is 5.75 Å². The minimum Gasteiger partial charge on any atom is -0.494 e. The third-order valence-corrected chi connectivity index (χ3v) is 6.30. The Balaban J connectivity index is 1.12. The largest absolute Gasteiger partial charge is 0.494 e. The van der Waals surface area contributed by atoms with E-state index in [2.05, 4.69) is 15.1 Å². The minimum absolute atomic E-state index is 0.0725. The fourth-order valence-electron chi connectivity index (χ4n) is 4.69. The Labute approximate surface area is 162 Å². The number of fused-ring (bicyclic) bond motifs is 3. The van der Waals surface area contributed by atoms with Crippen LogP contribution in [0.2, 0.25) is 0 Å². The van der Waals surface area contributed by atoms with Crippen LogP contribution in [0.25, 0.3) is 0 Å². The molecule has 4 heterocycles. The summed E-state index contributed by atoms with van der Waals surface area (Å²) >= 11 is 0. The molecule has 4 saturated heterocycles. The number of amides is 2. The number of para-hydroxylation sites is 1. The highest BCUT2D eigenvalue weighted by Gasteiger charge is 2.38. The zero-order valence-corrected chi connectivity index (χ0v) is 16.2. The number of hydrogen-bond donors (Lipinski definition) is 1. The van der Waals surface area contributed by atoms with Crippen molar-refractivity contribution in [3.05, 3.63) is 30.3 Å². The zero-order valence-electron chi connectivity index (χ0n) is 16.2. The van der Waals surface area contributed by atoms with Crippen molar-refractivity contribution in [2.24, 2.45) is 5.92 Å². The van der Waals surface area contributed by atoms with E-state index in [1.54, 1.807) is 0 Å². The first-order chi connectivity index (χ1) is 13.3. The predicted octanol–water partition coefficient (Wildman–Crippen LogP) is 1.88. The van der Waals surface area contributed by atoms with Crippen LogP contribution in [-0.4, -0.2) is 85.7 Å². The van der Waals surface area contributed by atoms with Crippen molar-refractivity contribution in [2.75, 3.05) is 59.0 Å². The summed E-state index contributed by atoms with van der Waals surface area (Å²) < 4.78 is 5.66.